The number of hydrogen-bond donors (Lipinski definition) is 1. The number of imide groups is 1. The number of carbonyl (C=O) groups is 4. The molecule has 1 saturated heterocycles. The Kier molecular flexibility index (Phi) is 5.84. The second kappa shape index (κ2) is 8.71. The number of benzene rings is 2. The molecule has 1 aliphatic heterocycles. The van der Waals surface area contributed by atoms with Gasteiger partial charge in [-0.2, -0.15) is 0 Å². The highest BCUT2D eigenvalue weighted by Gasteiger charge is 2.49. The number of anilines is 2. The van der Waals surface area contributed by atoms with Crippen molar-refractivity contribution in [3.05, 3.63) is 60.2 Å². The van der Waals surface area contributed by atoms with Crippen molar-refractivity contribution in [2.45, 2.75) is 26.2 Å². The summed E-state index contributed by atoms with van der Waals surface area (Å²) in [6.45, 7) is 1.69. The molecule has 4 rings (SSSR count). The summed E-state index contributed by atoms with van der Waals surface area (Å²) in [4.78, 5) is 51.0. The van der Waals surface area contributed by atoms with E-state index in [-0.39, 0.29) is 29.2 Å². The zero-order chi connectivity index (χ0) is 22.0. The van der Waals surface area contributed by atoms with Gasteiger partial charge in [0.15, 0.2) is 6.61 Å². The van der Waals surface area contributed by atoms with E-state index in [9.17, 15) is 19.2 Å². The first kappa shape index (κ1) is 20.8. The highest BCUT2D eigenvalue weighted by molar-refractivity contribution is 6.22. The number of carbonyl (C=O) groups excluding carboxylic acids is 4. The van der Waals surface area contributed by atoms with Gasteiger partial charge in [0.05, 0.1) is 23.1 Å². The summed E-state index contributed by atoms with van der Waals surface area (Å²) >= 11 is 0. The van der Waals surface area contributed by atoms with Gasteiger partial charge in [-0.25, -0.2) is 4.79 Å². The van der Waals surface area contributed by atoms with E-state index in [0.29, 0.717) is 17.3 Å². The maximum Gasteiger partial charge on any atom is 0.338 e. The molecule has 2 aromatic rings. The molecule has 2 fully saturated rings. The monoisotopic (exact) mass is 420 g/mol. The topological polar surface area (TPSA) is 92.8 Å². The van der Waals surface area contributed by atoms with E-state index in [0.717, 1.165) is 19.3 Å². The van der Waals surface area contributed by atoms with Gasteiger partial charge in [0.2, 0.25) is 11.8 Å². The summed E-state index contributed by atoms with van der Waals surface area (Å²) in [7, 11) is 0. The average molecular weight is 420 g/mol. The highest BCUT2D eigenvalue weighted by Crippen LogP contribution is 2.42. The second-order valence-corrected chi connectivity index (χ2v) is 8.18. The molecule has 3 amide bonds. The summed E-state index contributed by atoms with van der Waals surface area (Å²) in [6.07, 6.45) is 2.43. The SMILES string of the molecule is C[C@@H]1CC[C@H]2C(=O)N(c3ccc(C(=O)OCC(=O)Nc4ccccc4)cc3)C(=O)[C@H]2C1. The highest BCUT2D eigenvalue weighted by atomic mass is 16.5. The molecule has 160 valence electrons. The summed E-state index contributed by atoms with van der Waals surface area (Å²) in [5.41, 5.74) is 1.31. The van der Waals surface area contributed by atoms with Crippen LogP contribution in [-0.4, -0.2) is 30.3 Å². The first-order valence-corrected chi connectivity index (χ1v) is 10.4. The van der Waals surface area contributed by atoms with Gasteiger partial charge in [-0.3, -0.25) is 19.3 Å². The first-order valence-electron chi connectivity index (χ1n) is 10.4. The molecule has 31 heavy (non-hydrogen) atoms. The van der Waals surface area contributed by atoms with E-state index in [1.807, 2.05) is 6.07 Å². The quantitative estimate of drug-likeness (QED) is 0.591. The van der Waals surface area contributed by atoms with Crippen LogP contribution >= 0.6 is 0 Å². The van der Waals surface area contributed by atoms with Crippen LogP contribution in [-0.2, 0) is 19.1 Å². The molecule has 7 heteroatoms. The Balaban J connectivity index is 1.36. The molecule has 1 N–H and O–H groups in total. The molecule has 0 spiro atoms. The fourth-order valence-electron chi connectivity index (χ4n) is 4.32. The number of nitrogens with zero attached hydrogens (tertiary/aromatic N) is 1. The molecule has 1 aliphatic carbocycles. The van der Waals surface area contributed by atoms with Gasteiger partial charge in [0.1, 0.15) is 0 Å². The summed E-state index contributed by atoms with van der Waals surface area (Å²) in [5.74, 6) is -1.46. The van der Waals surface area contributed by atoms with E-state index < -0.39 is 18.5 Å². The number of rotatable bonds is 5. The molecule has 0 bridgehead atoms. The maximum absolute atomic E-state index is 12.8. The third-order valence-corrected chi connectivity index (χ3v) is 5.94. The number of nitrogens with one attached hydrogen (secondary N) is 1. The lowest BCUT2D eigenvalue weighted by atomic mass is 9.76. The van der Waals surface area contributed by atoms with Crippen LogP contribution < -0.4 is 10.2 Å². The van der Waals surface area contributed by atoms with Gasteiger partial charge in [-0.15, -0.1) is 0 Å². The lowest BCUT2D eigenvalue weighted by molar-refractivity contribution is -0.122. The van der Waals surface area contributed by atoms with Gasteiger partial charge in [-0.1, -0.05) is 25.1 Å². The van der Waals surface area contributed by atoms with Crippen LogP contribution in [0.3, 0.4) is 0 Å². The Hall–Kier alpha value is -3.48. The number of fused-ring (bicyclic) bond motifs is 1. The Morgan fingerprint density at radius 3 is 2.35 bits per heavy atom. The predicted molar refractivity (Wildman–Crippen MR) is 114 cm³/mol. The van der Waals surface area contributed by atoms with Crippen molar-refractivity contribution in [3.63, 3.8) is 0 Å². The van der Waals surface area contributed by atoms with Gasteiger partial charge < -0.3 is 10.1 Å². The number of esters is 1. The van der Waals surface area contributed by atoms with Crippen molar-refractivity contribution in [2.24, 2.45) is 17.8 Å². The van der Waals surface area contributed by atoms with E-state index in [1.165, 1.54) is 17.0 Å². The van der Waals surface area contributed by atoms with Crippen LogP contribution in [0, 0.1) is 17.8 Å². The van der Waals surface area contributed by atoms with Crippen molar-refractivity contribution in [2.75, 3.05) is 16.8 Å². The average Bonchev–Trinajstić information content (AvgIpc) is 3.02. The molecule has 2 aromatic carbocycles. The van der Waals surface area contributed by atoms with Crippen LogP contribution in [0.15, 0.2) is 54.6 Å². The van der Waals surface area contributed by atoms with Crippen LogP contribution in [0.2, 0.25) is 0 Å². The van der Waals surface area contributed by atoms with Crippen molar-refractivity contribution < 1.29 is 23.9 Å². The molecule has 2 aliphatic rings. The summed E-state index contributed by atoms with van der Waals surface area (Å²) < 4.78 is 5.06. The van der Waals surface area contributed by atoms with Crippen molar-refractivity contribution in [1.29, 1.82) is 0 Å². The predicted octanol–water partition coefficient (Wildman–Crippen LogP) is 3.41. The van der Waals surface area contributed by atoms with Crippen LogP contribution in [0.25, 0.3) is 0 Å². The lowest BCUT2D eigenvalue weighted by Crippen LogP contribution is -2.30. The number of amides is 3. The minimum Gasteiger partial charge on any atom is -0.452 e. The first-order chi connectivity index (χ1) is 14.9. The molecular formula is C24H24N2O5. The molecule has 1 heterocycles. The van der Waals surface area contributed by atoms with Gasteiger partial charge in [0, 0.05) is 5.69 Å². The van der Waals surface area contributed by atoms with Crippen LogP contribution in [0.4, 0.5) is 11.4 Å². The molecule has 7 nitrogen and oxygen atoms in total. The molecule has 0 unspecified atom stereocenters. The second-order valence-electron chi connectivity index (χ2n) is 8.18. The molecule has 0 aromatic heterocycles. The number of hydrogen-bond acceptors (Lipinski definition) is 5. The summed E-state index contributed by atoms with van der Waals surface area (Å²) in [6, 6.07) is 15.0. The standard InChI is InChI=1S/C24H24N2O5/c1-15-7-12-19-20(13-15)23(29)26(22(19)28)18-10-8-16(9-11-18)24(30)31-14-21(27)25-17-5-3-2-4-6-17/h2-6,8-11,15,19-20H,7,12-14H2,1H3,(H,25,27)/t15-,19-,20+/m1/s1. The van der Waals surface area contributed by atoms with E-state index >= 15 is 0 Å². The minimum absolute atomic E-state index is 0.158. The maximum atomic E-state index is 12.8. The van der Waals surface area contributed by atoms with E-state index in [4.69, 9.17) is 4.74 Å². The number of para-hydroxylation sites is 1. The van der Waals surface area contributed by atoms with Crippen LogP contribution in [0.1, 0.15) is 36.5 Å². The van der Waals surface area contributed by atoms with Crippen LogP contribution in [0.5, 0.6) is 0 Å². The molecule has 3 atom stereocenters. The minimum atomic E-state index is -0.656. The van der Waals surface area contributed by atoms with Gasteiger partial charge in [-0.05, 0) is 61.6 Å². The fraction of sp³-hybridized carbons (Fsp3) is 0.333. The molecular weight excluding hydrogens is 396 g/mol. The van der Waals surface area contributed by atoms with Crippen molar-refractivity contribution >= 4 is 35.1 Å². The Morgan fingerprint density at radius 2 is 1.65 bits per heavy atom. The number of ether oxygens (including phenoxy) is 1. The third-order valence-electron chi connectivity index (χ3n) is 5.94. The Bertz CT molecular complexity index is 1000. The molecule has 0 radical (unpaired) electrons. The van der Waals surface area contributed by atoms with Crippen molar-refractivity contribution in [3.8, 4) is 0 Å². The van der Waals surface area contributed by atoms with Gasteiger partial charge in [0.25, 0.3) is 5.91 Å². The van der Waals surface area contributed by atoms with E-state index in [1.54, 1.807) is 36.4 Å². The summed E-state index contributed by atoms with van der Waals surface area (Å²) in [5, 5.41) is 2.63. The Morgan fingerprint density at radius 1 is 0.968 bits per heavy atom. The third kappa shape index (κ3) is 4.35. The van der Waals surface area contributed by atoms with E-state index in [2.05, 4.69) is 12.2 Å². The fourth-order valence-corrected chi connectivity index (χ4v) is 4.32. The molecule has 1 saturated carbocycles. The zero-order valence-electron chi connectivity index (χ0n) is 17.2. The zero-order valence-corrected chi connectivity index (χ0v) is 17.2. The smallest absolute Gasteiger partial charge is 0.338 e. The Labute approximate surface area is 180 Å². The van der Waals surface area contributed by atoms with Crippen molar-refractivity contribution in [1.82, 2.24) is 0 Å². The normalized spacial score (nSPS) is 22.7. The van der Waals surface area contributed by atoms with Gasteiger partial charge >= 0.3 is 5.97 Å². The largest absolute Gasteiger partial charge is 0.452 e. The lowest BCUT2D eigenvalue weighted by Gasteiger charge is -2.25.